The first kappa shape index (κ1) is 34.7. The molecule has 0 unspecified atom stereocenters. The smallest absolute Gasteiger partial charge is 0.223 e. The van der Waals surface area contributed by atoms with Gasteiger partial charge in [0, 0.05) is 11.0 Å². The van der Waals surface area contributed by atoms with Gasteiger partial charge in [-0.05, 0) is 63.3 Å². The Morgan fingerprint density at radius 1 is 0.806 bits per heavy atom. The molecule has 0 aromatic heterocycles. The van der Waals surface area contributed by atoms with Gasteiger partial charge < -0.3 is 14.6 Å². The summed E-state index contributed by atoms with van der Waals surface area (Å²) in [5, 5.41) is 9.67. The molecule has 0 aliphatic rings. The van der Waals surface area contributed by atoms with Gasteiger partial charge in [-0.2, -0.15) is 0 Å². The SMILES string of the molecule is CC(=O)[O-].CCCCCCCCCC[N+](C)(CCCCCCCCCC)COc1ccc(Cl)cc1C. The van der Waals surface area contributed by atoms with E-state index in [1.165, 1.54) is 116 Å². The van der Waals surface area contributed by atoms with Crippen LogP contribution in [0.1, 0.15) is 129 Å². The monoisotopic (exact) mass is 525 g/mol. The van der Waals surface area contributed by atoms with Crippen molar-refractivity contribution >= 4 is 17.6 Å². The molecule has 0 atom stereocenters. The number of hydrogen-bond donors (Lipinski definition) is 0. The number of unbranched alkanes of at least 4 members (excludes halogenated alkanes) is 14. The molecule has 1 aromatic carbocycles. The number of rotatable bonds is 21. The van der Waals surface area contributed by atoms with Gasteiger partial charge in [0.15, 0.2) is 0 Å². The van der Waals surface area contributed by atoms with E-state index >= 15 is 0 Å². The number of carboxylic acid groups (broad SMARTS) is 1. The Morgan fingerprint density at radius 2 is 1.19 bits per heavy atom. The maximum absolute atomic E-state index is 8.89. The molecule has 0 aliphatic carbocycles. The number of carbonyl (C=O) groups is 1. The Kier molecular flexibility index (Phi) is 22.1. The molecule has 0 amide bonds. The number of aliphatic carboxylic acids is 1. The van der Waals surface area contributed by atoms with Crippen LogP contribution >= 0.6 is 11.6 Å². The van der Waals surface area contributed by atoms with Crippen LogP contribution in [0.2, 0.25) is 5.02 Å². The van der Waals surface area contributed by atoms with E-state index in [0.29, 0.717) is 0 Å². The zero-order valence-corrected chi connectivity index (χ0v) is 25.0. The van der Waals surface area contributed by atoms with E-state index in [2.05, 4.69) is 27.8 Å². The number of nitrogens with zero attached hydrogens (tertiary/aromatic N) is 1. The quantitative estimate of drug-likeness (QED) is 0.0918. The molecule has 36 heavy (non-hydrogen) atoms. The van der Waals surface area contributed by atoms with E-state index in [4.69, 9.17) is 26.2 Å². The van der Waals surface area contributed by atoms with Crippen molar-refractivity contribution in [3.63, 3.8) is 0 Å². The van der Waals surface area contributed by atoms with Crippen molar-refractivity contribution in [1.82, 2.24) is 0 Å². The lowest BCUT2D eigenvalue weighted by Crippen LogP contribution is -2.48. The van der Waals surface area contributed by atoms with E-state index in [1.54, 1.807) is 0 Å². The first-order chi connectivity index (χ1) is 17.2. The van der Waals surface area contributed by atoms with Crippen molar-refractivity contribution in [1.29, 1.82) is 0 Å². The number of hydrogen-bond acceptors (Lipinski definition) is 3. The fraction of sp³-hybridized carbons (Fsp3) is 0.774. The predicted molar refractivity (Wildman–Crippen MR) is 154 cm³/mol. The van der Waals surface area contributed by atoms with E-state index in [-0.39, 0.29) is 0 Å². The minimum Gasteiger partial charge on any atom is -0.550 e. The molecule has 0 radical (unpaired) electrons. The molecule has 0 bridgehead atoms. The molecule has 5 heteroatoms. The molecular weight excluding hydrogens is 470 g/mol. The fourth-order valence-corrected chi connectivity index (χ4v) is 4.72. The Morgan fingerprint density at radius 3 is 1.58 bits per heavy atom. The molecule has 210 valence electrons. The number of halogens is 1. The van der Waals surface area contributed by atoms with Crippen molar-refractivity contribution in [2.75, 3.05) is 26.9 Å². The minimum absolute atomic E-state index is 0.759. The Hall–Kier alpha value is -1.26. The Labute approximate surface area is 228 Å². The van der Waals surface area contributed by atoms with Gasteiger partial charge in [-0.3, -0.25) is 4.48 Å². The first-order valence-electron chi connectivity index (χ1n) is 14.6. The third-order valence-corrected chi connectivity index (χ3v) is 7.01. The third-order valence-electron chi connectivity index (χ3n) is 6.77. The lowest BCUT2D eigenvalue weighted by molar-refractivity contribution is -0.924. The van der Waals surface area contributed by atoms with E-state index in [1.807, 2.05) is 18.2 Å². The summed E-state index contributed by atoms with van der Waals surface area (Å²) in [4.78, 5) is 8.89. The van der Waals surface area contributed by atoms with Crippen LogP contribution in [-0.2, 0) is 4.79 Å². The highest BCUT2D eigenvalue weighted by molar-refractivity contribution is 6.30. The number of carbonyl (C=O) groups excluding carboxylic acids is 1. The van der Waals surface area contributed by atoms with E-state index < -0.39 is 5.97 Å². The summed E-state index contributed by atoms with van der Waals surface area (Å²) >= 11 is 6.12. The minimum atomic E-state index is -1.08. The maximum atomic E-state index is 8.89. The number of aryl methyl sites for hydroxylation is 1. The largest absolute Gasteiger partial charge is 0.550 e. The maximum Gasteiger partial charge on any atom is 0.223 e. The van der Waals surface area contributed by atoms with Crippen molar-refractivity contribution in [2.24, 2.45) is 0 Å². The topological polar surface area (TPSA) is 49.4 Å². The zero-order chi connectivity index (χ0) is 27.1. The van der Waals surface area contributed by atoms with Crippen LogP contribution in [0.15, 0.2) is 18.2 Å². The lowest BCUT2D eigenvalue weighted by atomic mass is 10.1. The predicted octanol–water partition coefficient (Wildman–Crippen LogP) is 8.47. The molecular formula is C31H56ClNO3. The number of ether oxygens (including phenoxy) is 1. The lowest BCUT2D eigenvalue weighted by Gasteiger charge is -2.34. The van der Waals surface area contributed by atoms with Crippen molar-refractivity contribution < 1.29 is 19.1 Å². The van der Waals surface area contributed by atoms with E-state index in [0.717, 1.165) is 34.5 Å². The Balaban J connectivity index is 0.00000283. The van der Waals surface area contributed by atoms with Crippen molar-refractivity contribution in [2.45, 2.75) is 130 Å². The van der Waals surface area contributed by atoms with E-state index in [9.17, 15) is 0 Å². The highest BCUT2D eigenvalue weighted by Crippen LogP contribution is 2.23. The van der Waals surface area contributed by atoms with Crippen LogP contribution in [0.3, 0.4) is 0 Å². The molecule has 4 nitrogen and oxygen atoms in total. The van der Waals surface area contributed by atoms with Crippen LogP contribution in [0.5, 0.6) is 5.75 Å². The molecule has 0 saturated carbocycles. The summed E-state index contributed by atoms with van der Waals surface area (Å²) in [6.45, 7) is 10.8. The average Bonchev–Trinajstić information content (AvgIpc) is 2.82. The molecule has 0 fully saturated rings. The normalized spacial score (nSPS) is 11.2. The molecule has 1 aromatic rings. The zero-order valence-electron chi connectivity index (χ0n) is 24.2. The first-order valence-corrected chi connectivity index (χ1v) is 15.0. The van der Waals surface area contributed by atoms with Crippen molar-refractivity contribution in [3.8, 4) is 5.75 Å². The number of benzene rings is 1. The van der Waals surface area contributed by atoms with Gasteiger partial charge in [0.25, 0.3) is 0 Å². The fourth-order valence-electron chi connectivity index (χ4n) is 4.50. The van der Waals surface area contributed by atoms with Crippen molar-refractivity contribution in [3.05, 3.63) is 28.8 Å². The third kappa shape index (κ3) is 20.9. The summed E-state index contributed by atoms with van der Waals surface area (Å²) in [5.41, 5.74) is 1.13. The second-order valence-corrected chi connectivity index (χ2v) is 11.1. The summed E-state index contributed by atoms with van der Waals surface area (Å²) in [7, 11) is 2.40. The Bertz CT molecular complexity index is 641. The van der Waals surface area contributed by atoms with Crippen LogP contribution in [0, 0.1) is 6.92 Å². The van der Waals surface area contributed by atoms with Crippen LogP contribution < -0.4 is 9.84 Å². The van der Waals surface area contributed by atoms with Gasteiger partial charge in [0.1, 0.15) is 5.75 Å². The molecule has 0 saturated heterocycles. The summed E-state index contributed by atoms with van der Waals surface area (Å²) in [6, 6.07) is 5.96. The number of quaternary nitrogens is 1. The van der Waals surface area contributed by atoms with Gasteiger partial charge >= 0.3 is 0 Å². The molecule has 0 aliphatic heterocycles. The molecule has 0 N–H and O–H groups in total. The van der Waals surface area contributed by atoms with Gasteiger partial charge in [-0.1, -0.05) is 102 Å². The second-order valence-electron chi connectivity index (χ2n) is 10.7. The molecule has 1 rings (SSSR count). The van der Waals surface area contributed by atoms with Crippen LogP contribution in [0.4, 0.5) is 0 Å². The molecule has 0 heterocycles. The summed E-state index contributed by atoms with van der Waals surface area (Å²) in [5.74, 6) is -0.106. The molecule has 0 spiro atoms. The second kappa shape index (κ2) is 22.9. The van der Waals surface area contributed by atoms with Crippen LogP contribution in [-0.4, -0.2) is 37.3 Å². The van der Waals surface area contributed by atoms with Gasteiger partial charge in [0.2, 0.25) is 6.73 Å². The standard InChI is InChI=1S/C29H53ClNO.C2H4O2/c1-5-7-9-11-13-15-17-19-23-31(4,24-20-18-16-14-12-10-8-6-2)26-32-29-22-21-28(30)25-27(29)3;1-2(3)4/h21-22,25H,5-20,23-24,26H2,1-4H3;1H3,(H,3,4)/q+1;/p-1. The summed E-state index contributed by atoms with van der Waals surface area (Å²) in [6.07, 6.45) is 22.0. The number of carboxylic acids is 1. The van der Waals surface area contributed by atoms with Gasteiger partial charge in [0.05, 0.1) is 20.1 Å². The summed E-state index contributed by atoms with van der Waals surface area (Å²) < 4.78 is 7.34. The highest BCUT2D eigenvalue weighted by atomic mass is 35.5. The van der Waals surface area contributed by atoms with Gasteiger partial charge in [-0.25, -0.2) is 0 Å². The van der Waals surface area contributed by atoms with Gasteiger partial charge in [-0.15, -0.1) is 0 Å². The average molecular weight is 526 g/mol. The highest BCUT2D eigenvalue weighted by Gasteiger charge is 2.22. The van der Waals surface area contributed by atoms with Crippen LogP contribution in [0.25, 0.3) is 0 Å².